The highest BCUT2D eigenvalue weighted by molar-refractivity contribution is 5.88. The molecule has 41 heavy (non-hydrogen) atoms. The molecule has 12 nitrogen and oxygen atoms in total. The highest BCUT2D eigenvalue weighted by Gasteiger charge is 2.30. The second-order valence-corrected chi connectivity index (χ2v) is 11.0. The standard InChI is InChI=1S/C29H31N9O3/c1-18-13-19(5-7-23(18)40-21-10-12-38-25(14-21)31-17-33-38)35-27-26-22(30-16-32-27)6-8-24(36-26)34-20-9-11-37(15-20)28(39)41-29(2,3)4/h5-8,10,12-14,16-17,20H,9,11,15H2,1-4H3,(H,34,36)(H,30,32,35)/t20-/m0/s1. The Kier molecular flexibility index (Phi) is 6.73. The minimum absolute atomic E-state index is 0.0640. The first-order chi connectivity index (χ1) is 19.7. The average molecular weight is 554 g/mol. The van der Waals surface area contributed by atoms with Gasteiger partial charge in [0.25, 0.3) is 0 Å². The summed E-state index contributed by atoms with van der Waals surface area (Å²) in [6.45, 7) is 8.77. The van der Waals surface area contributed by atoms with Crippen LogP contribution in [0, 0.1) is 6.92 Å². The molecule has 1 fully saturated rings. The molecule has 5 aromatic rings. The van der Waals surface area contributed by atoms with Gasteiger partial charge in [-0.1, -0.05) is 0 Å². The molecule has 4 aromatic heterocycles. The van der Waals surface area contributed by atoms with Crippen LogP contribution in [0.2, 0.25) is 0 Å². The van der Waals surface area contributed by atoms with E-state index in [1.807, 2.05) is 76.4 Å². The number of likely N-dealkylation sites (tertiary alicyclic amines) is 1. The van der Waals surface area contributed by atoms with Gasteiger partial charge >= 0.3 is 6.09 Å². The number of pyridine rings is 2. The fraction of sp³-hybridized carbons (Fsp3) is 0.310. The van der Waals surface area contributed by atoms with E-state index in [1.165, 1.54) is 12.7 Å². The van der Waals surface area contributed by atoms with Gasteiger partial charge in [0.2, 0.25) is 0 Å². The number of amides is 1. The van der Waals surface area contributed by atoms with Gasteiger partial charge in [0, 0.05) is 37.1 Å². The van der Waals surface area contributed by atoms with Crippen LogP contribution in [-0.4, -0.2) is 65.3 Å². The number of benzene rings is 1. The fourth-order valence-electron chi connectivity index (χ4n) is 4.66. The number of rotatable bonds is 6. The topological polar surface area (TPSA) is 132 Å². The van der Waals surface area contributed by atoms with E-state index < -0.39 is 5.60 Å². The van der Waals surface area contributed by atoms with Crippen molar-refractivity contribution in [3.63, 3.8) is 0 Å². The molecule has 0 unspecified atom stereocenters. The van der Waals surface area contributed by atoms with Crippen molar-refractivity contribution in [2.45, 2.75) is 45.8 Å². The molecule has 5 heterocycles. The third-order valence-electron chi connectivity index (χ3n) is 6.59. The van der Waals surface area contributed by atoms with Gasteiger partial charge in [-0.05, 0) is 76.1 Å². The van der Waals surface area contributed by atoms with Crippen molar-refractivity contribution in [1.29, 1.82) is 0 Å². The number of aryl methyl sites for hydroxylation is 1. The lowest BCUT2D eigenvalue weighted by Crippen LogP contribution is -2.36. The molecule has 1 aromatic carbocycles. The quantitative estimate of drug-likeness (QED) is 0.284. The summed E-state index contributed by atoms with van der Waals surface area (Å²) in [5, 5.41) is 10.9. The zero-order valence-corrected chi connectivity index (χ0v) is 23.3. The lowest BCUT2D eigenvalue weighted by molar-refractivity contribution is 0.0293. The van der Waals surface area contributed by atoms with E-state index in [2.05, 4.69) is 30.7 Å². The average Bonchev–Trinajstić information content (AvgIpc) is 3.59. The molecular formula is C29H31N9O3. The number of fused-ring (bicyclic) bond motifs is 2. The highest BCUT2D eigenvalue weighted by Crippen LogP contribution is 2.30. The van der Waals surface area contributed by atoms with Crippen molar-refractivity contribution in [2.75, 3.05) is 23.7 Å². The minimum Gasteiger partial charge on any atom is -0.457 e. The Labute approximate surface area is 236 Å². The molecule has 1 amide bonds. The monoisotopic (exact) mass is 553 g/mol. The van der Waals surface area contributed by atoms with E-state index in [0.29, 0.717) is 41.6 Å². The first-order valence-corrected chi connectivity index (χ1v) is 13.4. The predicted molar refractivity (Wildman–Crippen MR) is 155 cm³/mol. The Balaban J connectivity index is 1.15. The summed E-state index contributed by atoms with van der Waals surface area (Å²) in [5.74, 6) is 2.69. The van der Waals surface area contributed by atoms with Crippen LogP contribution in [0.25, 0.3) is 16.7 Å². The van der Waals surface area contributed by atoms with Gasteiger partial charge in [-0.25, -0.2) is 29.2 Å². The molecule has 0 bridgehead atoms. The summed E-state index contributed by atoms with van der Waals surface area (Å²) in [5.41, 5.74) is 3.33. The molecule has 0 saturated carbocycles. The number of hydrogen-bond acceptors (Lipinski definition) is 10. The predicted octanol–water partition coefficient (Wildman–Crippen LogP) is 5.33. The van der Waals surface area contributed by atoms with E-state index in [4.69, 9.17) is 14.5 Å². The van der Waals surface area contributed by atoms with Crippen molar-refractivity contribution in [3.8, 4) is 11.5 Å². The Bertz CT molecular complexity index is 1730. The molecule has 12 heteroatoms. The molecule has 6 rings (SSSR count). The molecule has 210 valence electrons. The van der Waals surface area contributed by atoms with Gasteiger partial charge in [0.1, 0.15) is 41.1 Å². The molecular weight excluding hydrogens is 522 g/mol. The molecule has 0 aliphatic carbocycles. The number of aromatic nitrogens is 6. The summed E-state index contributed by atoms with van der Waals surface area (Å²) in [4.78, 5) is 32.0. The van der Waals surface area contributed by atoms with Crippen molar-refractivity contribution < 1.29 is 14.3 Å². The van der Waals surface area contributed by atoms with Crippen LogP contribution in [0.1, 0.15) is 32.8 Å². The second-order valence-electron chi connectivity index (χ2n) is 11.0. The summed E-state index contributed by atoms with van der Waals surface area (Å²) < 4.78 is 13.3. The molecule has 2 N–H and O–H groups in total. The number of ether oxygens (including phenoxy) is 2. The number of nitrogens with zero attached hydrogens (tertiary/aromatic N) is 7. The van der Waals surface area contributed by atoms with Crippen LogP contribution in [0.4, 0.5) is 22.1 Å². The fourth-order valence-corrected chi connectivity index (χ4v) is 4.66. The number of hydrogen-bond donors (Lipinski definition) is 2. The van der Waals surface area contributed by atoms with Crippen molar-refractivity contribution in [1.82, 2.24) is 34.4 Å². The maximum atomic E-state index is 12.4. The maximum Gasteiger partial charge on any atom is 0.410 e. The SMILES string of the molecule is Cc1cc(Nc2ncnc3ccc(N[C@H]4CCN(C(=O)OC(C)(C)C)C4)nc23)ccc1Oc1ccn2ncnc2c1. The van der Waals surface area contributed by atoms with Gasteiger partial charge in [-0.2, -0.15) is 5.10 Å². The van der Waals surface area contributed by atoms with Gasteiger partial charge < -0.3 is 25.0 Å². The summed E-state index contributed by atoms with van der Waals surface area (Å²) in [6.07, 6.45) is 5.33. The van der Waals surface area contributed by atoms with Crippen LogP contribution in [0.5, 0.6) is 11.5 Å². The van der Waals surface area contributed by atoms with Crippen LogP contribution < -0.4 is 15.4 Å². The van der Waals surface area contributed by atoms with Gasteiger partial charge in [0.15, 0.2) is 11.5 Å². The number of carbonyl (C=O) groups is 1. The van der Waals surface area contributed by atoms with Gasteiger partial charge in [-0.3, -0.25) is 0 Å². The summed E-state index contributed by atoms with van der Waals surface area (Å²) in [6, 6.07) is 13.4. The van der Waals surface area contributed by atoms with Gasteiger partial charge in [0.05, 0.1) is 5.52 Å². The van der Waals surface area contributed by atoms with Crippen molar-refractivity contribution in [3.05, 3.63) is 66.9 Å². The summed E-state index contributed by atoms with van der Waals surface area (Å²) >= 11 is 0. The van der Waals surface area contributed by atoms with Crippen molar-refractivity contribution >= 4 is 40.1 Å². The molecule has 0 radical (unpaired) electrons. The molecule has 1 aliphatic rings. The number of anilines is 3. The Morgan fingerprint density at radius 1 is 1.05 bits per heavy atom. The smallest absolute Gasteiger partial charge is 0.410 e. The third kappa shape index (κ3) is 5.96. The largest absolute Gasteiger partial charge is 0.457 e. The summed E-state index contributed by atoms with van der Waals surface area (Å²) in [7, 11) is 0. The zero-order chi connectivity index (χ0) is 28.6. The van der Waals surface area contributed by atoms with Gasteiger partial charge in [-0.15, -0.1) is 0 Å². The number of nitrogens with one attached hydrogen (secondary N) is 2. The van der Waals surface area contributed by atoms with E-state index in [0.717, 1.165) is 28.9 Å². The van der Waals surface area contributed by atoms with Crippen LogP contribution in [-0.2, 0) is 4.74 Å². The molecule has 0 spiro atoms. The van der Waals surface area contributed by atoms with E-state index in [9.17, 15) is 4.79 Å². The van der Waals surface area contributed by atoms with Crippen LogP contribution >= 0.6 is 0 Å². The molecule has 1 atom stereocenters. The van der Waals surface area contributed by atoms with E-state index in [1.54, 1.807) is 9.42 Å². The maximum absolute atomic E-state index is 12.4. The van der Waals surface area contributed by atoms with Crippen LogP contribution in [0.15, 0.2) is 61.3 Å². The van der Waals surface area contributed by atoms with E-state index in [-0.39, 0.29) is 12.1 Å². The minimum atomic E-state index is -0.523. The van der Waals surface area contributed by atoms with Crippen LogP contribution in [0.3, 0.4) is 0 Å². The Hall–Kier alpha value is -5.00. The first kappa shape index (κ1) is 26.2. The van der Waals surface area contributed by atoms with Crippen molar-refractivity contribution in [2.24, 2.45) is 0 Å². The lowest BCUT2D eigenvalue weighted by Gasteiger charge is -2.24. The Morgan fingerprint density at radius 2 is 1.93 bits per heavy atom. The van der Waals surface area contributed by atoms with E-state index >= 15 is 0 Å². The number of carbonyl (C=O) groups excluding carboxylic acids is 1. The normalized spacial score (nSPS) is 15.3. The highest BCUT2D eigenvalue weighted by atomic mass is 16.6. The third-order valence-corrected chi connectivity index (χ3v) is 6.59. The lowest BCUT2D eigenvalue weighted by atomic mass is 10.2. The zero-order valence-electron chi connectivity index (χ0n) is 23.3. The Morgan fingerprint density at radius 3 is 2.76 bits per heavy atom. The molecule has 1 aliphatic heterocycles. The molecule has 1 saturated heterocycles. The second kappa shape index (κ2) is 10.5. The first-order valence-electron chi connectivity index (χ1n) is 13.4.